The van der Waals surface area contributed by atoms with Gasteiger partial charge in [0.1, 0.15) is 0 Å². The van der Waals surface area contributed by atoms with Crippen molar-refractivity contribution >= 4 is 5.91 Å². The molecule has 1 amide bonds. The summed E-state index contributed by atoms with van der Waals surface area (Å²) in [6.07, 6.45) is 8.41. The second-order valence-electron chi connectivity index (χ2n) is 7.26. The van der Waals surface area contributed by atoms with Crippen LogP contribution in [0.25, 0.3) is 0 Å². The molecule has 2 heteroatoms. The summed E-state index contributed by atoms with van der Waals surface area (Å²) in [5.74, 6) is 2.87. The van der Waals surface area contributed by atoms with Crippen LogP contribution in [-0.2, 0) is 4.79 Å². The highest BCUT2D eigenvalue weighted by atomic mass is 16.1. The number of carbonyl (C=O) groups is 1. The zero-order chi connectivity index (χ0) is 12.9. The van der Waals surface area contributed by atoms with Gasteiger partial charge < -0.3 is 5.32 Å². The molecule has 0 saturated heterocycles. The molecule has 4 bridgehead atoms. The smallest absolute Gasteiger partial charge is 0.246 e. The number of rotatable bonds is 3. The van der Waals surface area contributed by atoms with Gasteiger partial charge in [-0.25, -0.2) is 0 Å². The Morgan fingerprint density at radius 1 is 1.17 bits per heavy atom. The van der Waals surface area contributed by atoms with Crippen LogP contribution in [0.15, 0.2) is 12.2 Å². The van der Waals surface area contributed by atoms with Gasteiger partial charge in [-0.1, -0.05) is 6.58 Å². The molecular formula is C16H25NO. The minimum absolute atomic E-state index is 0.0400. The summed E-state index contributed by atoms with van der Waals surface area (Å²) in [7, 11) is 0. The van der Waals surface area contributed by atoms with Crippen LogP contribution in [0.5, 0.6) is 0 Å². The molecule has 0 radical (unpaired) electrons. The van der Waals surface area contributed by atoms with Crippen LogP contribution in [0.3, 0.4) is 0 Å². The molecular weight excluding hydrogens is 222 g/mol. The summed E-state index contributed by atoms with van der Waals surface area (Å²) in [6.45, 7) is 7.75. The molecule has 4 fully saturated rings. The monoisotopic (exact) mass is 247 g/mol. The average molecular weight is 247 g/mol. The van der Waals surface area contributed by atoms with Crippen molar-refractivity contribution in [1.29, 1.82) is 0 Å². The first-order chi connectivity index (χ1) is 8.48. The number of carbonyl (C=O) groups excluding carboxylic acids is 1. The molecule has 0 aromatic heterocycles. The highest BCUT2D eigenvalue weighted by Gasteiger charge is 2.53. The third kappa shape index (κ3) is 1.90. The summed E-state index contributed by atoms with van der Waals surface area (Å²) in [5, 5.41) is 3.20. The first-order valence-corrected chi connectivity index (χ1v) is 7.45. The normalized spacial score (nSPS) is 42.7. The lowest BCUT2D eigenvalue weighted by atomic mass is 9.48. The fraction of sp³-hybridized carbons (Fsp3) is 0.812. The van der Waals surface area contributed by atoms with Gasteiger partial charge in [0.15, 0.2) is 0 Å². The summed E-state index contributed by atoms with van der Waals surface area (Å²) in [5.41, 5.74) is 1.03. The largest absolute Gasteiger partial charge is 0.349 e. The minimum Gasteiger partial charge on any atom is -0.349 e. The predicted octanol–water partition coefficient (Wildman–Crippen LogP) is 3.28. The lowest BCUT2D eigenvalue weighted by molar-refractivity contribution is -0.122. The molecule has 1 atom stereocenters. The van der Waals surface area contributed by atoms with E-state index in [1.807, 2.05) is 0 Å². The maximum absolute atomic E-state index is 11.8. The number of amides is 1. The molecule has 18 heavy (non-hydrogen) atoms. The Labute approximate surface area is 110 Å². The lowest BCUT2D eigenvalue weighted by Crippen LogP contribution is -2.55. The van der Waals surface area contributed by atoms with Crippen LogP contribution in [0.2, 0.25) is 0 Å². The fourth-order valence-corrected chi connectivity index (χ4v) is 5.18. The zero-order valence-electron chi connectivity index (χ0n) is 11.7. The Morgan fingerprint density at radius 2 is 1.61 bits per heavy atom. The van der Waals surface area contributed by atoms with Gasteiger partial charge in [-0.2, -0.15) is 0 Å². The van der Waals surface area contributed by atoms with Crippen LogP contribution in [-0.4, -0.2) is 11.9 Å². The predicted molar refractivity (Wildman–Crippen MR) is 73.0 cm³/mol. The van der Waals surface area contributed by atoms with E-state index in [1.54, 1.807) is 6.92 Å². The van der Waals surface area contributed by atoms with E-state index in [0.717, 1.165) is 17.8 Å². The lowest BCUT2D eigenvalue weighted by Gasteiger charge is -2.59. The van der Waals surface area contributed by atoms with E-state index in [4.69, 9.17) is 0 Å². The van der Waals surface area contributed by atoms with Crippen LogP contribution in [0, 0.1) is 23.2 Å². The Balaban J connectivity index is 1.74. The fourth-order valence-electron chi connectivity index (χ4n) is 5.18. The number of nitrogens with one attached hydrogen (secondary N) is 1. The molecule has 0 aromatic rings. The second-order valence-corrected chi connectivity index (χ2v) is 7.26. The van der Waals surface area contributed by atoms with E-state index in [0.29, 0.717) is 17.0 Å². The van der Waals surface area contributed by atoms with Gasteiger partial charge >= 0.3 is 0 Å². The molecule has 0 unspecified atom stereocenters. The standard InChI is InChI=1S/C16H25NO/c1-10(2)15(18)17-11(3)16-7-12-4-13(8-16)6-14(5-12)9-16/h11-14H,1,4-9H2,2-3H3,(H,17,18)/t11-,12?,13?,14?,16?/m0/s1. The first-order valence-electron chi connectivity index (χ1n) is 7.45. The van der Waals surface area contributed by atoms with Crippen molar-refractivity contribution in [2.75, 3.05) is 0 Å². The molecule has 0 heterocycles. The maximum Gasteiger partial charge on any atom is 0.246 e. The van der Waals surface area contributed by atoms with Crippen molar-refractivity contribution in [2.45, 2.75) is 58.4 Å². The topological polar surface area (TPSA) is 29.1 Å². The SMILES string of the molecule is C=C(C)C(=O)N[C@@H](C)C12CC3CC(CC(C3)C1)C2. The quantitative estimate of drug-likeness (QED) is 0.762. The first kappa shape index (κ1) is 12.3. The molecule has 100 valence electrons. The molecule has 4 aliphatic carbocycles. The van der Waals surface area contributed by atoms with E-state index >= 15 is 0 Å². The Bertz CT molecular complexity index is 349. The van der Waals surface area contributed by atoms with Gasteiger partial charge in [-0.05, 0) is 75.5 Å². The average Bonchev–Trinajstić information content (AvgIpc) is 2.26. The summed E-state index contributed by atoms with van der Waals surface area (Å²) in [6, 6.07) is 0.315. The van der Waals surface area contributed by atoms with E-state index < -0.39 is 0 Å². The third-order valence-electron chi connectivity index (χ3n) is 5.74. The minimum atomic E-state index is 0.0400. The second kappa shape index (κ2) is 4.11. The Hall–Kier alpha value is -0.790. The number of hydrogen-bond donors (Lipinski definition) is 1. The maximum atomic E-state index is 11.8. The van der Waals surface area contributed by atoms with Gasteiger partial charge in [0.2, 0.25) is 5.91 Å². The van der Waals surface area contributed by atoms with Crippen LogP contribution in [0.1, 0.15) is 52.4 Å². The van der Waals surface area contributed by atoms with Crippen molar-refractivity contribution in [3.8, 4) is 0 Å². The zero-order valence-corrected chi connectivity index (χ0v) is 11.7. The molecule has 4 rings (SSSR count). The summed E-state index contributed by atoms with van der Waals surface area (Å²) >= 11 is 0. The van der Waals surface area contributed by atoms with Gasteiger partial charge in [0, 0.05) is 11.6 Å². The Morgan fingerprint density at radius 3 is 2.00 bits per heavy atom. The third-order valence-corrected chi connectivity index (χ3v) is 5.74. The summed E-state index contributed by atoms with van der Waals surface area (Å²) < 4.78 is 0. The molecule has 2 nitrogen and oxygen atoms in total. The van der Waals surface area contributed by atoms with Gasteiger partial charge in [0.05, 0.1) is 0 Å². The highest BCUT2D eigenvalue weighted by molar-refractivity contribution is 5.92. The van der Waals surface area contributed by atoms with Gasteiger partial charge in [-0.3, -0.25) is 4.79 Å². The number of hydrogen-bond acceptors (Lipinski definition) is 1. The van der Waals surface area contributed by atoms with E-state index in [1.165, 1.54) is 38.5 Å². The van der Waals surface area contributed by atoms with Crippen molar-refractivity contribution in [2.24, 2.45) is 23.2 Å². The molecule has 1 N–H and O–H groups in total. The van der Waals surface area contributed by atoms with Crippen LogP contribution in [0.4, 0.5) is 0 Å². The van der Waals surface area contributed by atoms with Crippen molar-refractivity contribution in [3.05, 3.63) is 12.2 Å². The van der Waals surface area contributed by atoms with E-state index in [-0.39, 0.29) is 5.91 Å². The Kier molecular flexibility index (Phi) is 2.80. The van der Waals surface area contributed by atoms with E-state index in [2.05, 4.69) is 18.8 Å². The van der Waals surface area contributed by atoms with Crippen molar-refractivity contribution < 1.29 is 4.79 Å². The van der Waals surface area contributed by atoms with E-state index in [9.17, 15) is 4.79 Å². The van der Waals surface area contributed by atoms with Crippen LogP contribution >= 0.6 is 0 Å². The van der Waals surface area contributed by atoms with Gasteiger partial charge in [-0.15, -0.1) is 0 Å². The van der Waals surface area contributed by atoms with Crippen molar-refractivity contribution in [3.63, 3.8) is 0 Å². The van der Waals surface area contributed by atoms with Crippen LogP contribution < -0.4 is 5.32 Å². The van der Waals surface area contributed by atoms with Crippen molar-refractivity contribution in [1.82, 2.24) is 5.32 Å². The molecule has 0 aromatic carbocycles. The van der Waals surface area contributed by atoms with Gasteiger partial charge in [0.25, 0.3) is 0 Å². The molecule has 0 spiro atoms. The molecule has 4 saturated carbocycles. The highest BCUT2D eigenvalue weighted by Crippen LogP contribution is 2.61. The molecule has 0 aliphatic heterocycles. The molecule has 4 aliphatic rings. The summed E-state index contributed by atoms with van der Waals surface area (Å²) in [4.78, 5) is 11.8.